The molecule has 0 aliphatic carbocycles. The summed E-state index contributed by atoms with van der Waals surface area (Å²) in [6.45, 7) is 4.13. The Morgan fingerprint density at radius 1 is 1.47 bits per heavy atom. The van der Waals surface area contributed by atoms with Crippen molar-refractivity contribution in [3.63, 3.8) is 0 Å². The first-order chi connectivity index (χ1) is 7.19. The highest BCUT2D eigenvalue weighted by Gasteiger charge is 2.09. The van der Waals surface area contributed by atoms with Gasteiger partial charge in [0, 0.05) is 13.5 Å². The van der Waals surface area contributed by atoms with E-state index in [2.05, 4.69) is 5.43 Å². The summed E-state index contributed by atoms with van der Waals surface area (Å²) < 4.78 is 5.22. The van der Waals surface area contributed by atoms with Crippen LogP contribution in [0.25, 0.3) is 0 Å². The van der Waals surface area contributed by atoms with Gasteiger partial charge in [-0.25, -0.2) is 0 Å². The van der Waals surface area contributed by atoms with Gasteiger partial charge >= 0.3 is 0 Å². The van der Waals surface area contributed by atoms with E-state index >= 15 is 0 Å². The Kier molecular flexibility index (Phi) is 3.97. The third-order valence-electron chi connectivity index (χ3n) is 1.98. The number of ether oxygens (including phenoxy) is 1. The zero-order valence-corrected chi connectivity index (χ0v) is 9.28. The van der Waals surface area contributed by atoms with Gasteiger partial charge < -0.3 is 4.74 Å². The minimum absolute atomic E-state index is 0.0947. The number of hydrazine groups is 1. The van der Waals surface area contributed by atoms with E-state index in [4.69, 9.17) is 4.74 Å². The average Bonchev–Trinajstić information content (AvgIpc) is 2.25. The molecule has 1 N–H and O–H groups in total. The molecule has 0 spiro atoms. The van der Waals surface area contributed by atoms with Crippen LogP contribution in [-0.4, -0.2) is 19.6 Å². The number of benzene rings is 1. The SMILES string of the molecule is CCN(NC(C)=O)c1ccccc1OC. The number of carbonyl (C=O) groups is 1. The molecular weight excluding hydrogens is 192 g/mol. The van der Waals surface area contributed by atoms with E-state index in [1.807, 2.05) is 31.2 Å². The molecule has 0 aliphatic rings. The number of rotatable bonds is 4. The van der Waals surface area contributed by atoms with Crippen LogP contribution in [0.4, 0.5) is 5.69 Å². The van der Waals surface area contributed by atoms with Crippen LogP contribution in [-0.2, 0) is 4.79 Å². The molecule has 0 bridgehead atoms. The maximum absolute atomic E-state index is 11.0. The van der Waals surface area contributed by atoms with E-state index in [1.165, 1.54) is 6.92 Å². The van der Waals surface area contributed by atoms with Crippen molar-refractivity contribution in [1.82, 2.24) is 5.43 Å². The Hall–Kier alpha value is -1.71. The molecule has 1 aromatic rings. The van der Waals surface area contributed by atoms with Crippen molar-refractivity contribution in [3.8, 4) is 5.75 Å². The summed E-state index contributed by atoms with van der Waals surface area (Å²) in [5, 5.41) is 1.75. The van der Waals surface area contributed by atoms with Crippen LogP contribution in [0.15, 0.2) is 24.3 Å². The molecule has 0 fully saturated rings. The molecule has 4 heteroatoms. The normalized spacial score (nSPS) is 9.53. The van der Waals surface area contributed by atoms with Crippen molar-refractivity contribution in [2.45, 2.75) is 13.8 Å². The first-order valence-electron chi connectivity index (χ1n) is 4.86. The van der Waals surface area contributed by atoms with E-state index in [0.717, 1.165) is 11.4 Å². The second-order valence-corrected chi connectivity index (χ2v) is 3.08. The molecule has 0 radical (unpaired) electrons. The summed E-state index contributed by atoms with van der Waals surface area (Å²) in [4.78, 5) is 11.0. The number of hydrogen-bond donors (Lipinski definition) is 1. The zero-order chi connectivity index (χ0) is 11.3. The summed E-state index contributed by atoms with van der Waals surface area (Å²) in [5.41, 5.74) is 3.59. The van der Waals surface area contributed by atoms with Gasteiger partial charge in [-0.3, -0.25) is 15.2 Å². The lowest BCUT2D eigenvalue weighted by molar-refractivity contribution is -0.119. The summed E-state index contributed by atoms with van der Waals surface area (Å²) in [7, 11) is 1.61. The number of para-hydroxylation sites is 2. The van der Waals surface area contributed by atoms with E-state index in [1.54, 1.807) is 12.1 Å². The van der Waals surface area contributed by atoms with Gasteiger partial charge in [0.2, 0.25) is 5.91 Å². The summed E-state index contributed by atoms with van der Waals surface area (Å²) in [6, 6.07) is 7.56. The fourth-order valence-electron chi connectivity index (χ4n) is 1.35. The molecule has 0 aromatic heterocycles. The topological polar surface area (TPSA) is 41.6 Å². The quantitative estimate of drug-likeness (QED) is 0.764. The lowest BCUT2D eigenvalue weighted by Crippen LogP contribution is -2.41. The predicted molar refractivity (Wildman–Crippen MR) is 59.8 cm³/mol. The lowest BCUT2D eigenvalue weighted by Gasteiger charge is -2.24. The Labute approximate surface area is 89.8 Å². The fourth-order valence-corrected chi connectivity index (χ4v) is 1.35. The molecule has 15 heavy (non-hydrogen) atoms. The largest absolute Gasteiger partial charge is 0.495 e. The maximum Gasteiger partial charge on any atom is 0.235 e. The van der Waals surface area contributed by atoms with Crippen molar-refractivity contribution in [2.75, 3.05) is 18.7 Å². The number of methoxy groups -OCH3 is 1. The van der Waals surface area contributed by atoms with Crippen molar-refractivity contribution >= 4 is 11.6 Å². The molecule has 4 nitrogen and oxygen atoms in total. The highest BCUT2D eigenvalue weighted by molar-refractivity contribution is 5.76. The van der Waals surface area contributed by atoms with Crippen LogP contribution in [0.2, 0.25) is 0 Å². The number of carbonyl (C=O) groups excluding carboxylic acids is 1. The molecule has 0 saturated carbocycles. The van der Waals surface area contributed by atoms with Gasteiger partial charge in [-0.2, -0.15) is 0 Å². The van der Waals surface area contributed by atoms with Crippen LogP contribution in [0.3, 0.4) is 0 Å². The van der Waals surface area contributed by atoms with Gasteiger partial charge in [0.1, 0.15) is 5.75 Å². The van der Waals surface area contributed by atoms with Gasteiger partial charge in [-0.15, -0.1) is 0 Å². The number of anilines is 1. The molecule has 1 aromatic carbocycles. The Bertz CT molecular complexity index is 339. The van der Waals surface area contributed by atoms with Gasteiger partial charge in [0.05, 0.1) is 12.8 Å². The molecule has 82 valence electrons. The highest BCUT2D eigenvalue weighted by atomic mass is 16.5. The van der Waals surface area contributed by atoms with Gasteiger partial charge in [0.25, 0.3) is 0 Å². The number of nitrogens with zero attached hydrogens (tertiary/aromatic N) is 1. The highest BCUT2D eigenvalue weighted by Crippen LogP contribution is 2.25. The third-order valence-corrected chi connectivity index (χ3v) is 1.98. The first-order valence-corrected chi connectivity index (χ1v) is 4.86. The van der Waals surface area contributed by atoms with E-state index in [9.17, 15) is 4.79 Å². The maximum atomic E-state index is 11.0. The minimum atomic E-state index is -0.0947. The third kappa shape index (κ3) is 2.87. The molecule has 0 atom stereocenters. The second kappa shape index (κ2) is 5.24. The second-order valence-electron chi connectivity index (χ2n) is 3.08. The monoisotopic (exact) mass is 208 g/mol. The van der Waals surface area contributed by atoms with Crippen LogP contribution < -0.4 is 15.2 Å². The van der Waals surface area contributed by atoms with E-state index < -0.39 is 0 Å². The van der Waals surface area contributed by atoms with Crippen molar-refractivity contribution < 1.29 is 9.53 Å². The van der Waals surface area contributed by atoms with Crippen molar-refractivity contribution in [1.29, 1.82) is 0 Å². The molecule has 1 rings (SSSR count). The van der Waals surface area contributed by atoms with E-state index in [-0.39, 0.29) is 5.91 Å². The van der Waals surface area contributed by atoms with Crippen LogP contribution in [0, 0.1) is 0 Å². The molecule has 0 unspecified atom stereocenters. The van der Waals surface area contributed by atoms with Gasteiger partial charge in [0.15, 0.2) is 0 Å². The summed E-state index contributed by atoms with van der Waals surface area (Å²) >= 11 is 0. The number of nitrogens with one attached hydrogen (secondary N) is 1. The summed E-state index contributed by atoms with van der Waals surface area (Å²) in [6.07, 6.45) is 0. The van der Waals surface area contributed by atoms with Crippen molar-refractivity contribution in [2.24, 2.45) is 0 Å². The molecule has 0 aliphatic heterocycles. The molecular formula is C11H16N2O2. The fraction of sp³-hybridized carbons (Fsp3) is 0.364. The standard InChI is InChI=1S/C11H16N2O2/c1-4-13(12-9(2)14)10-7-5-6-8-11(10)15-3/h5-8H,4H2,1-3H3,(H,12,14). The Morgan fingerprint density at radius 3 is 2.67 bits per heavy atom. The Balaban J connectivity index is 2.95. The van der Waals surface area contributed by atoms with E-state index in [0.29, 0.717) is 6.54 Å². The smallest absolute Gasteiger partial charge is 0.235 e. The minimum Gasteiger partial charge on any atom is -0.495 e. The molecule has 1 amide bonds. The predicted octanol–water partition coefficient (Wildman–Crippen LogP) is 1.57. The number of amides is 1. The number of hydrogen-bond acceptors (Lipinski definition) is 3. The molecule has 0 heterocycles. The lowest BCUT2D eigenvalue weighted by atomic mass is 10.3. The van der Waals surface area contributed by atoms with Crippen molar-refractivity contribution in [3.05, 3.63) is 24.3 Å². The average molecular weight is 208 g/mol. The van der Waals surface area contributed by atoms with Crippen LogP contribution in [0.5, 0.6) is 5.75 Å². The summed E-state index contributed by atoms with van der Waals surface area (Å²) in [5.74, 6) is 0.649. The van der Waals surface area contributed by atoms with Gasteiger partial charge in [-0.05, 0) is 19.1 Å². The first kappa shape index (κ1) is 11.4. The van der Waals surface area contributed by atoms with Crippen LogP contribution in [0.1, 0.15) is 13.8 Å². The Morgan fingerprint density at radius 2 is 2.13 bits per heavy atom. The zero-order valence-electron chi connectivity index (χ0n) is 9.28. The molecule has 0 saturated heterocycles. The van der Waals surface area contributed by atoms with Gasteiger partial charge in [-0.1, -0.05) is 12.1 Å². The van der Waals surface area contributed by atoms with Crippen LogP contribution >= 0.6 is 0 Å².